The molecule has 0 radical (unpaired) electrons. The van der Waals surface area contributed by atoms with Gasteiger partial charge in [-0.3, -0.25) is 0 Å². The van der Waals surface area contributed by atoms with Gasteiger partial charge in [0.15, 0.2) is 5.82 Å². The molecule has 0 bridgehead atoms. The van der Waals surface area contributed by atoms with Crippen LogP contribution >= 0.6 is 0 Å². The molecule has 3 heterocycles. The summed E-state index contributed by atoms with van der Waals surface area (Å²) in [5.74, 6) is 2.50. The second kappa shape index (κ2) is 6.62. The maximum Gasteiger partial charge on any atom is 0.230 e. The molecule has 25 heavy (non-hydrogen) atoms. The molecule has 4 rings (SSSR count). The van der Waals surface area contributed by atoms with Crippen molar-refractivity contribution in [3.05, 3.63) is 36.0 Å². The van der Waals surface area contributed by atoms with Crippen molar-refractivity contribution in [2.24, 2.45) is 0 Å². The molecule has 3 aromatic rings. The Labute approximate surface area is 145 Å². The van der Waals surface area contributed by atoms with Crippen LogP contribution in [0, 0.1) is 0 Å². The first-order chi connectivity index (χ1) is 12.2. The van der Waals surface area contributed by atoms with E-state index in [1.165, 1.54) is 5.69 Å². The summed E-state index contributed by atoms with van der Waals surface area (Å²) in [6, 6.07) is 8.24. The molecule has 0 aliphatic carbocycles. The van der Waals surface area contributed by atoms with E-state index in [9.17, 15) is 0 Å². The van der Waals surface area contributed by atoms with Gasteiger partial charge in [-0.15, -0.1) is 5.10 Å². The van der Waals surface area contributed by atoms with Crippen LogP contribution in [0.15, 0.2) is 28.8 Å². The fourth-order valence-corrected chi connectivity index (χ4v) is 3.11. The van der Waals surface area contributed by atoms with Gasteiger partial charge < -0.3 is 9.42 Å². The number of aryl methyl sites for hydroxylation is 2. The minimum atomic E-state index is 0.232. The Hall–Kier alpha value is -2.77. The highest BCUT2D eigenvalue weighted by Gasteiger charge is 2.24. The van der Waals surface area contributed by atoms with Gasteiger partial charge in [0.1, 0.15) is 0 Å². The van der Waals surface area contributed by atoms with Crippen molar-refractivity contribution in [2.45, 2.75) is 38.6 Å². The molecular weight excluding hydrogens is 318 g/mol. The number of hydrogen-bond donors (Lipinski definition) is 0. The highest BCUT2D eigenvalue weighted by Crippen LogP contribution is 2.29. The molecule has 1 aliphatic rings. The summed E-state index contributed by atoms with van der Waals surface area (Å²) in [6.45, 7) is 3.88. The Kier molecular flexibility index (Phi) is 4.17. The summed E-state index contributed by atoms with van der Waals surface area (Å²) in [5, 5.41) is 16.0. The van der Waals surface area contributed by atoms with Crippen LogP contribution in [-0.2, 0) is 13.0 Å². The van der Waals surface area contributed by atoms with Crippen LogP contribution in [0.2, 0.25) is 0 Å². The summed E-state index contributed by atoms with van der Waals surface area (Å²) in [6.07, 6.45) is 2.65. The molecular formula is C17H21N7O. The third-order valence-corrected chi connectivity index (χ3v) is 4.84. The Bertz CT molecular complexity index is 816. The van der Waals surface area contributed by atoms with Crippen LogP contribution in [0.4, 0.5) is 5.69 Å². The largest absolute Gasteiger partial charge is 0.375 e. The van der Waals surface area contributed by atoms with Crippen LogP contribution in [-0.4, -0.2) is 43.9 Å². The van der Waals surface area contributed by atoms with Gasteiger partial charge in [-0.25, -0.2) is 4.68 Å². The Morgan fingerprint density at radius 2 is 2.08 bits per heavy atom. The highest BCUT2D eigenvalue weighted by atomic mass is 16.5. The van der Waals surface area contributed by atoms with Gasteiger partial charge in [0.2, 0.25) is 11.7 Å². The lowest BCUT2D eigenvalue weighted by Crippen LogP contribution is -2.15. The van der Waals surface area contributed by atoms with Crippen molar-refractivity contribution in [3.8, 4) is 11.4 Å². The average molecular weight is 339 g/mol. The lowest BCUT2D eigenvalue weighted by molar-refractivity contribution is 0.337. The molecule has 2 aromatic heterocycles. The molecule has 1 atom stereocenters. The summed E-state index contributed by atoms with van der Waals surface area (Å²) < 4.78 is 7.41. The minimum absolute atomic E-state index is 0.232. The third-order valence-electron chi connectivity index (χ3n) is 4.84. The monoisotopic (exact) mass is 339 g/mol. The van der Waals surface area contributed by atoms with Gasteiger partial charge in [-0.2, -0.15) is 4.98 Å². The molecule has 8 nitrogen and oxygen atoms in total. The van der Waals surface area contributed by atoms with Crippen molar-refractivity contribution in [1.29, 1.82) is 0 Å². The minimum Gasteiger partial charge on any atom is -0.375 e. The zero-order valence-corrected chi connectivity index (χ0v) is 14.5. The van der Waals surface area contributed by atoms with E-state index in [2.05, 4.69) is 56.7 Å². The highest BCUT2D eigenvalue weighted by molar-refractivity contribution is 5.59. The molecule has 0 saturated carbocycles. The number of anilines is 1. The Morgan fingerprint density at radius 3 is 2.88 bits per heavy atom. The van der Waals surface area contributed by atoms with Crippen LogP contribution in [0.1, 0.15) is 37.4 Å². The number of hydrogen-bond acceptors (Lipinski definition) is 7. The molecule has 0 fully saturated rings. The van der Waals surface area contributed by atoms with E-state index < -0.39 is 0 Å². The molecule has 1 aromatic carbocycles. The summed E-state index contributed by atoms with van der Waals surface area (Å²) >= 11 is 0. The maximum atomic E-state index is 5.55. The fraction of sp³-hybridized carbons (Fsp3) is 0.471. The molecule has 1 unspecified atom stereocenters. The lowest BCUT2D eigenvalue weighted by atomic mass is 10.0. The maximum absolute atomic E-state index is 5.55. The summed E-state index contributed by atoms with van der Waals surface area (Å²) in [4.78, 5) is 6.81. The van der Waals surface area contributed by atoms with E-state index in [-0.39, 0.29) is 5.92 Å². The number of benzene rings is 1. The summed E-state index contributed by atoms with van der Waals surface area (Å²) in [7, 11) is 2.07. The van der Waals surface area contributed by atoms with Gasteiger partial charge >= 0.3 is 0 Å². The molecule has 130 valence electrons. The number of tetrazole rings is 1. The third kappa shape index (κ3) is 3.11. The van der Waals surface area contributed by atoms with Gasteiger partial charge in [-0.05, 0) is 54.5 Å². The van der Waals surface area contributed by atoms with E-state index in [4.69, 9.17) is 4.52 Å². The number of fused-ring (bicyclic) bond motifs is 1. The molecule has 8 heteroatoms. The second-order valence-electron chi connectivity index (χ2n) is 6.36. The van der Waals surface area contributed by atoms with E-state index in [1.807, 2.05) is 16.8 Å². The topological polar surface area (TPSA) is 85.8 Å². The molecule has 1 aliphatic heterocycles. The van der Waals surface area contributed by atoms with E-state index in [1.54, 1.807) is 0 Å². The fourth-order valence-electron chi connectivity index (χ4n) is 3.11. The Morgan fingerprint density at radius 1 is 1.24 bits per heavy atom. The number of rotatable bonds is 4. The first-order valence-electron chi connectivity index (χ1n) is 8.65. The molecule has 0 N–H and O–H groups in total. The normalized spacial score (nSPS) is 17.1. The van der Waals surface area contributed by atoms with E-state index >= 15 is 0 Å². The van der Waals surface area contributed by atoms with Gasteiger partial charge in [0.05, 0.1) is 0 Å². The van der Waals surface area contributed by atoms with Crippen LogP contribution in [0.3, 0.4) is 0 Å². The first kappa shape index (κ1) is 15.7. The van der Waals surface area contributed by atoms with Gasteiger partial charge in [0, 0.05) is 43.7 Å². The summed E-state index contributed by atoms with van der Waals surface area (Å²) in [5.41, 5.74) is 2.14. The SMILES string of the molecule is CCN(C)c1ccc(-c2noc(C3CCc4nnnn4CC3)n2)cc1. The number of aromatic nitrogens is 6. The van der Waals surface area contributed by atoms with Crippen molar-refractivity contribution >= 4 is 5.69 Å². The number of nitrogens with zero attached hydrogens (tertiary/aromatic N) is 7. The zero-order chi connectivity index (χ0) is 17.2. The van der Waals surface area contributed by atoms with Crippen molar-refractivity contribution in [1.82, 2.24) is 30.3 Å². The standard InChI is InChI=1S/C17H21N7O/c1-3-23(2)14-7-4-12(5-8-14)16-18-17(25-20-16)13-6-9-15-19-21-22-24(15)11-10-13/h4-5,7-8,13H,3,6,9-11H2,1-2H3. The van der Waals surface area contributed by atoms with Crippen molar-refractivity contribution in [2.75, 3.05) is 18.5 Å². The molecule has 0 saturated heterocycles. The molecule has 0 spiro atoms. The average Bonchev–Trinajstić information content (AvgIpc) is 3.28. The predicted octanol–water partition coefficient (Wildman–Crippen LogP) is 2.30. The van der Waals surface area contributed by atoms with Gasteiger partial charge in [0.25, 0.3) is 0 Å². The lowest BCUT2D eigenvalue weighted by Gasteiger charge is -2.16. The quantitative estimate of drug-likeness (QED) is 0.721. The van der Waals surface area contributed by atoms with Crippen LogP contribution < -0.4 is 4.90 Å². The molecule has 0 amide bonds. The second-order valence-corrected chi connectivity index (χ2v) is 6.36. The van der Waals surface area contributed by atoms with E-state index in [0.29, 0.717) is 11.7 Å². The van der Waals surface area contributed by atoms with E-state index in [0.717, 1.165) is 43.7 Å². The van der Waals surface area contributed by atoms with Crippen LogP contribution in [0.5, 0.6) is 0 Å². The van der Waals surface area contributed by atoms with Crippen molar-refractivity contribution < 1.29 is 4.52 Å². The smallest absolute Gasteiger partial charge is 0.230 e. The first-order valence-corrected chi connectivity index (χ1v) is 8.65. The van der Waals surface area contributed by atoms with Crippen molar-refractivity contribution in [3.63, 3.8) is 0 Å². The predicted molar refractivity (Wildman–Crippen MR) is 92.2 cm³/mol. The Balaban J connectivity index is 1.49. The van der Waals surface area contributed by atoms with Crippen LogP contribution in [0.25, 0.3) is 11.4 Å². The zero-order valence-electron chi connectivity index (χ0n) is 14.5. The van der Waals surface area contributed by atoms with Gasteiger partial charge in [-0.1, -0.05) is 5.16 Å².